The molecule has 5 aliphatic rings. The predicted molar refractivity (Wildman–Crippen MR) is 112 cm³/mol. The fraction of sp³-hybridized carbons (Fsp3) is 0.875. The highest BCUT2D eigenvalue weighted by atomic mass is 16.5. The summed E-state index contributed by atoms with van der Waals surface area (Å²) in [6.45, 7) is 4.14. The van der Waals surface area contributed by atoms with E-state index in [1.54, 1.807) is 0 Å². The maximum Gasteiger partial charge on any atom is 0.144 e. The molecule has 2 unspecified atom stereocenters. The molecule has 5 rings (SSSR count). The number of nitrogens with one attached hydrogen (secondary N) is 2. The third kappa shape index (κ3) is 2.82. The Morgan fingerprint density at radius 2 is 1.97 bits per heavy atom. The highest BCUT2D eigenvalue weighted by Gasteiger charge is 2.66. The Hall–Kier alpha value is -1.11. The number of aliphatic hydroxyl groups excluding tert-OH is 1. The van der Waals surface area contributed by atoms with E-state index in [0.717, 1.165) is 51.6 Å². The molecule has 166 valence electrons. The maximum atomic E-state index is 13.7. The van der Waals surface area contributed by atoms with Crippen molar-refractivity contribution in [3.8, 4) is 0 Å². The van der Waals surface area contributed by atoms with E-state index < -0.39 is 5.41 Å². The van der Waals surface area contributed by atoms with Crippen molar-refractivity contribution in [2.24, 2.45) is 40.4 Å². The average Bonchev–Trinajstić information content (AvgIpc) is 3.37. The first-order valence-electron chi connectivity index (χ1n) is 12.0. The van der Waals surface area contributed by atoms with Crippen molar-refractivity contribution in [3.05, 3.63) is 0 Å². The first-order valence-corrected chi connectivity index (χ1v) is 12.0. The molecule has 0 aromatic rings. The molecule has 0 spiro atoms. The quantitative estimate of drug-likeness (QED) is 0.611. The Labute approximate surface area is 179 Å². The Morgan fingerprint density at radius 1 is 1.13 bits per heavy atom. The molecule has 6 nitrogen and oxygen atoms in total. The molecular weight excluding hydrogens is 380 g/mol. The van der Waals surface area contributed by atoms with Gasteiger partial charge in [-0.1, -0.05) is 6.92 Å². The van der Waals surface area contributed by atoms with Crippen molar-refractivity contribution in [2.45, 2.75) is 70.5 Å². The molecule has 1 heterocycles. The number of carbonyl (C=O) groups excluding carboxylic acids is 2. The summed E-state index contributed by atoms with van der Waals surface area (Å²) < 4.78 is 6.40. The number of hydrogen-bond donors (Lipinski definition) is 3. The summed E-state index contributed by atoms with van der Waals surface area (Å²) in [4.78, 5) is 26.5. The van der Waals surface area contributed by atoms with E-state index in [4.69, 9.17) is 10.1 Å². The van der Waals surface area contributed by atoms with Crippen molar-refractivity contribution in [3.63, 3.8) is 0 Å². The van der Waals surface area contributed by atoms with Gasteiger partial charge in [-0.3, -0.25) is 9.59 Å². The van der Waals surface area contributed by atoms with Gasteiger partial charge in [0.05, 0.1) is 24.2 Å². The zero-order valence-electron chi connectivity index (χ0n) is 18.1. The van der Waals surface area contributed by atoms with Crippen molar-refractivity contribution >= 4 is 17.8 Å². The van der Waals surface area contributed by atoms with Crippen molar-refractivity contribution in [1.29, 1.82) is 5.41 Å². The highest BCUT2D eigenvalue weighted by Crippen LogP contribution is 2.65. The number of rotatable bonds is 4. The van der Waals surface area contributed by atoms with Crippen LogP contribution in [0, 0.1) is 45.8 Å². The Bertz CT molecular complexity index is 735. The monoisotopic (exact) mass is 416 g/mol. The summed E-state index contributed by atoms with van der Waals surface area (Å²) in [6.07, 6.45) is 8.51. The molecule has 4 saturated carbocycles. The molecule has 0 aromatic heterocycles. The number of hydrogen-bond acceptors (Lipinski definition) is 6. The number of ketones is 2. The molecule has 4 aliphatic carbocycles. The van der Waals surface area contributed by atoms with Gasteiger partial charge in [-0.05, 0) is 74.7 Å². The number of carbonyl (C=O) groups is 2. The Morgan fingerprint density at radius 3 is 2.67 bits per heavy atom. The fourth-order valence-corrected chi connectivity index (χ4v) is 8.27. The normalized spacial score (nSPS) is 50.7. The summed E-state index contributed by atoms with van der Waals surface area (Å²) >= 11 is 0. The lowest BCUT2D eigenvalue weighted by atomic mass is 9.42. The molecule has 0 radical (unpaired) electrons. The van der Waals surface area contributed by atoms with Crippen molar-refractivity contribution < 1.29 is 19.4 Å². The molecule has 6 heteroatoms. The molecular formula is C24H36N2O4. The second kappa shape index (κ2) is 7.49. The Balaban J connectivity index is 1.43. The van der Waals surface area contributed by atoms with Gasteiger partial charge < -0.3 is 20.6 Å². The summed E-state index contributed by atoms with van der Waals surface area (Å²) in [5, 5.41) is 21.7. The zero-order chi connectivity index (χ0) is 21.1. The van der Waals surface area contributed by atoms with E-state index >= 15 is 0 Å². The lowest BCUT2D eigenvalue weighted by molar-refractivity contribution is -0.176. The maximum absolute atomic E-state index is 13.7. The minimum Gasteiger partial charge on any atom is -0.396 e. The molecule has 5 fully saturated rings. The van der Waals surface area contributed by atoms with Gasteiger partial charge in [-0.25, -0.2) is 0 Å². The van der Waals surface area contributed by atoms with Crippen LogP contribution in [0.2, 0.25) is 0 Å². The Kier molecular flexibility index (Phi) is 5.19. The number of ether oxygens (including phenoxy) is 1. The van der Waals surface area contributed by atoms with E-state index in [0.29, 0.717) is 12.8 Å². The van der Waals surface area contributed by atoms with E-state index in [1.165, 1.54) is 6.21 Å². The third-order valence-corrected chi connectivity index (χ3v) is 9.85. The lowest BCUT2D eigenvalue weighted by Gasteiger charge is -2.61. The van der Waals surface area contributed by atoms with Gasteiger partial charge >= 0.3 is 0 Å². The van der Waals surface area contributed by atoms with E-state index in [9.17, 15) is 14.7 Å². The van der Waals surface area contributed by atoms with Crippen LogP contribution in [0.25, 0.3) is 0 Å². The summed E-state index contributed by atoms with van der Waals surface area (Å²) in [6, 6.07) is 0. The van der Waals surface area contributed by atoms with Gasteiger partial charge in [0, 0.05) is 31.0 Å². The van der Waals surface area contributed by atoms with Crippen LogP contribution in [0.1, 0.15) is 58.3 Å². The summed E-state index contributed by atoms with van der Waals surface area (Å²) in [7, 11) is 0. The van der Waals surface area contributed by atoms with Crippen LogP contribution in [0.5, 0.6) is 0 Å². The molecule has 3 N–H and O–H groups in total. The smallest absolute Gasteiger partial charge is 0.144 e. The predicted octanol–water partition coefficient (Wildman–Crippen LogP) is 2.37. The second-order valence-corrected chi connectivity index (χ2v) is 10.9. The van der Waals surface area contributed by atoms with Crippen LogP contribution in [-0.2, 0) is 14.3 Å². The number of Topliss-reactive ketones (excluding diaryl/α,β-unsaturated/α-hetero) is 2. The molecule has 0 amide bonds. The topological polar surface area (TPSA) is 99.5 Å². The molecule has 0 bridgehead atoms. The van der Waals surface area contributed by atoms with Crippen LogP contribution in [0.4, 0.5) is 0 Å². The first-order chi connectivity index (χ1) is 14.4. The fourth-order valence-electron chi connectivity index (χ4n) is 8.27. The van der Waals surface area contributed by atoms with E-state index in [-0.39, 0.29) is 65.4 Å². The zero-order valence-corrected chi connectivity index (χ0v) is 18.1. The summed E-state index contributed by atoms with van der Waals surface area (Å²) in [5.74, 6) is 0.148. The van der Waals surface area contributed by atoms with Gasteiger partial charge in [0.15, 0.2) is 0 Å². The molecule has 1 saturated heterocycles. The van der Waals surface area contributed by atoms with Gasteiger partial charge in [0.25, 0.3) is 0 Å². The van der Waals surface area contributed by atoms with E-state index in [2.05, 4.69) is 12.2 Å². The van der Waals surface area contributed by atoms with Crippen LogP contribution >= 0.6 is 0 Å². The van der Waals surface area contributed by atoms with Crippen LogP contribution in [0.15, 0.2) is 0 Å². The summed E-state index contributed by atoms with van der Waals surface area (Å²) in [5.41, 5.74) is -0.727. The SMILES string of the molecule is C[C@]12CCC(O[C@@H]3CCNC3)CC1[C@@H](CO)C(=O)[C@@H]1[C@@H]2CC[C@]2(C=N)C(=O)CC[C@@H]12. The molecule has 1 aliphatic heterocycles. The van der Waals surface area contributed by atoms with Crippen LogP contribution in [-0.4, -0.2) is 54.8 Å². The standard InChI is InChI=1S/C24H36N2O4/c1-23-7-4-14(30-15-6-9-26-11-15)10-19(23)16(12-27)22(29)21-17(23)5-8-24(13-25)18(21)2-3-20(24)28/h13-19,21,25-27H,2-12H2,1H3/t14?,15-,16-,17+,18+,19?,21-,23-,24-/m1/s1. The molecule has 30 heavy (non-hydrogen) atoms. The highest BCUT2D eigenvalue weighted by molar-refractivity contribution is 6.02. The average molecular weight is 417 g/mol. The van der Waals surface area contributed by atoms with Crippen molar-refractivity contribution in [2.75, 3.05) is 19.7 Å². The van der Waals surface area contributed by atoms with Gasteiger partial charge in [-0.15, -0.1) is 0 Å². The van der Waals surface area contributed by atoms with Crippen LogP contribution in [0.3, 0.4) is 0 Å². The second-order valence-electron chi connectivity index (χ2n) is 10.9. The lowest BCUT2D eigenvalue weighted by Crippen LogP contribution is -2.62. The van der Waals surface area contributed by atoms with Crippen LogP contribution < -0.4 is 5.32 Å². The van der Waals surface area contributed by atoms with Gasteiger partial charge in [-0.2, -0.15) is 0 Å². The minimum absolute atomic E-state index is 0.000413. The van der Waals surface area contributed by atoms with E-state index in [1.807, 2.05) is 0 Å². The third-order valence-electron chi connectivity index (χ3n) is 9.85. The van der Waals surface area contributed by atoms with Crippen molar-refractivity contribution in [1.82, 2.24) is 5.32 Å². The van der Waals surface area contributed by atoms with Gasteiger partial charge in [0.1, 0.15) is 11.6 Å². The first kappa shape index (κ1) is 20.8. The largest absolute Gasteiger partial charge is 0.396 e. The minimum atomic E-state index is -0.726. The number of fused-ring (bicyclic) bond motifs is 5. The van der Waals surface area contributed by atoms with Gasteiger partial charge in [0.2, 0.25) is 0 Å². The molecule has 9 atom stereocenters. The molecule has 0 aromatic carbocycles. The number of aliphatic hydroxyl groups is 1.